The van der Waals surface area contributed by atoms with Crippen LogP contribution in [0.25, 0.3) is 0 Å². The number of ether oxygens (including phenoxy) is 1. The summed E-state index contributed by atoms with van der Waals surface area (Å²) in [7, 11) is 1.64. The Morgan fingerprint density at radius 2 is 2.20 bits per heavy atom. The Hall–Kier alpha value is -0.610. The molecule has 1 atom stereocenters. The van der Waals surface area contributed by atoms with Crippen LogP contribution >= 0.6 is 11.6 Å². The van der Waals surface area contributed by atoms with Gasteiger partial charge in [0.2, 0.25) is 11.8 Å². The van der Waals surface area contributed by atoms with Gasteiger partial charge >= 0.3 is 0 Å². The maximum Gasteiger partial charge on any atom is 0.247 e. The van der Waals surface area contributed by atoms with Crippen LogP contribution in [0, 0.1) is 0 Å². The summed E-state index contributed by atoms with van der Waals surface area (Å²) in [5.41, 5.74) is -0.480. The van der Waals surface area contributed by atoms with Gasteiger partial charge in [0.05, 0.1) is 0 Å². The van der Waals surface area contributed by atoms with Gasteiger partial charge < -0.3 is 9.15 Å². The highest BCUT2D eigenvalue weighted by atomic mass is 35.5. The average molecular weight is 233 g/mol. The molecule has 1 aromatic rings. The van der Waals surface area contributed by atoms with Gasteiger partial charge in [0.15, 0.2) is 0 Å². The van der Waals surface area contributed by atoms with Crippen LogP contribution < -0.4 is 0 Å². The molecule has 0 spiro atoms. The molecule has 0 saturated carbocycles. The highest BCUT2D eigenvalue weighted by molar-refractivity contribution is 6.17. The van der Waals surface area contributed by atoms with E-state index < -0.39 is 5.60 Å². The molecule has 0 aromatic carbocycles. The van der Waals surface area contributed by atoms with E-state index in [1.165, 1.54) is 0 Å². The topological polar surface area (TPSA) is 48.2 Å². The summed E-state index contributed by atoms with van der Waals surface area (Å²) in [4.78, 5) is 0. The fraction of sp³-hybridized carbons (Fsp3) is 0.800. The minimum absolute atomic E-state index is 0.480. The van der Waals surface area contributed by atoms with Gasteiger partial charge in [-0.15, -0.1) is 21.8 Å². The summed E-state index contributed by atoms with van der Waals surface area (Å²) in [6, 6.07) is 0. The molecule has 0 aliphatic heterocycles. The molecule has 0 fully saturated rings. The third-order valence-corrected chi connectivity index (χ3v) is 2.84. The van der Waals surface area contributed by atoms with Crippen LogP contribution in [0.5, 0.6) is 0 Å². The molecule has 0 N–H and O–H groups in total. The van der Waals surface area contributed by atoms with Crippen LogP contribution in [0.2, 0.25) is 0 Å². The van der Waals surface area contributed by atoms with Gasteiger partial charge in [-0.05, 0) is 19.8 Å². The van der Waals surface area contributed by atoms with Crippen LogP contribution in [0.4, 0.5) is 0 Å². The molecule has 86 valence electrons. The number of aromatic nitrogens is 2. The van der Waals surface area contributed by atoms with Crippen molar-refractivity contribution in [3.8, 4) is 0 Å². The van der Waals surface area contributed by atoms with Gasteiger partial charge in [0.25, 0.3) is 0 Å². The van der Waals surface area contributed by atoms with E-state index >= 15 is 0 Å². The maximum atomic E-state index is 5.59. The van der Waals surface area contributed by atoms with Gasteiger partial charge in [-0.1, -0.05) is 6.92 Å². The number of hydrogen-bond acceptors (Lipinski definition) is 4. The molecule has 1 rings (SSSR count). The molecule has 0 saturated heterocycles. The van der Waals surface area contributed by atoms with Crippen molar-refractivity contribution in [1.82, 2.24) is 10.2 Å². The predicted molar refractivity (Wildman–Crippen MR) is 58.0 cm³/mol. The Kier molecular flexibility index (Phi) is 4.54. The molecular weight excluding hydrogens is 216 g/mol. The summed E-state index contributed by atoms with van der Waals surface area (Å²) >= 11 is 5.59. The molecule has 0 radical (unpaired) electrons. The average Bonchev–Trinajstić information content (AvgIpc) is 2.74. The smallest absolute Gasteiger partial charge is 0.247 e. The SMILES string of the molecule is CCC(C)(OC)c1nnc(CCCCl)o1. The first-order valence-corrected chi connectivity index (χ1v) is 5.63. The van der Waals surface area contributed by atoms with E-state index in [2.05, 4.69) is 10.2 Å². The summed E-state index contributed by atoms with van der Waals surface area (Å²) in [5, 5.41) is 7.96. The Morgan fingerprint density at radius 3 is 2.73 bits per heavy atom. The number of alkyl halides is 1. The Morgan fingerprint density at radius 1 is 1.47 bits per heavy atom. The molecule has 15 heavy (non-hydrogen) atoms. The van der Waals surface area contributed by atoms with E-state index in [1.54, 1.807) is 7.11 Å². The summed E-state index contributed by atoms with van der Waals surface area (Å²) in [6.45, 7) is 3.96. The van der Waals surface area contributed by atoms with Crippen LogP contribution in [-0.2, 0) is 16.8 Å². The van der Waals surface area contributed by atoms with Crippen molar-refractivity contribution in [3.05, 3.63) is 11.8 Å². The van der Waals surface area contributed by atoms with E-state index in [9.17, 15) is 0 Å². The van der Waals surface area contributed by atoms with Gasteiger partial charge in [0, 0.05) is 19.4 Å². The van der Waals surface area contributed by atoms with E-state index in [-0.39, 0.29) is 0 Å². The van der Waals surface area contributed by atoms with Crippen molar-refractivity contribution in [2.45, 2.75) is 38.7 Å². The molecule has 4 nitrogen and oxygen atoms in total. The Labute approximate surface area is 95.0 Å². The summed E-state index contributed by atoms with van der Waals surface area (Å²) in [5.74, 6) is 1.77. The second-order valence-electron chi connectivity index (χ2n) is 3.58. The summed E-state index contributed by atoms with van der Waals surface area (Å²) in [6.07, 6.45) is 2.36. The molecule has 0 aliphatic carbocycles. The van der Waals surface area contributed by atoms with Crippen molar-refractivity contribution < 1.29 is 9.15 Å². The molecule has 1 heterocycles. The lowest BCUT2D eigenvalue weighted by Crippen LogP contribution is -2.23. The quantitative estimate of drug-likeness (QED) is 0.708. The zero-order valence-electron chi connectivity index (χ0n) is 9.42. The van der Waals surface area contributed by atoms with E-state index in [4.69, 9.17) is 20.8 Å². The van der Waals surface area contributed by atoms with Crippen LogP contribution in [0.3, 0.4) is 0 Å². The van der Waals surface area contributed by atoms with E-state index in [0.29, 0.717) is 17.7 Å². The maximum absolute atomic E-state index is 5.59. The van der Waals surface area contributed by atoms with Crippen LogP contribution in [0.1, 0.15) is 38.5 Å². The number of methoxy groups -OCH3 is 1. The Bertz CT molecular complexity index is 297. The van der Waals surface area contributed by atoms with Crippen LogP contribution in [-0.4, -0.2) is 23.2 Å². The molecule has 0 aliphatic rings. The zero-order valence-corrected chi connectivity index (χ0v) is 10.2. The lowest BCUT2D eigenvalue weighted by Gasteiger charge is -2.21. The highest BCUT2D eigenvalue weighted by Crippen LogP contribution is 2.26. The third kappa shape index (κ3) is 2.92. The molecule has 5 heteroatoms. The molecule has 1 aromatic heterocycles. The fourth-order valence-electron chi connectivity index (χ4n) is 1.17. The third-order valence-electron chi connectivity index (χ3n) is 2.57. The van der Waals surface area contributed by atoms with E-state index in [1.807, 2.05) is 13.8 Å². The standard InChI is InChI=1S/C10H17ClN2O2/c1-4-10(2,14-3)9-13-12-8(15-9)6-5-7-11/h4-7H2,1-3H3. The lowest BCUT2D eigenvalue weighted by atomic mass is 10.0. The molecule has 0 amide bonds. The molecule has 0 bridgehead atoms. The van der Waals surface area contributed by atoms with Crippen molar-refractivity contribution >= 4 is 11.6 Å². The second kappa shape index (κ2) is 5.47. The Balaban J connectivity index is 2.74. The predicted octanol–water partition coefficient (Wildman–Crippen LogP) is 2.51. The van der Waals surface area contributed by atoms with Crippen molar-refractivity contribution in [1.29, 1.82) is 0 Å². The monoisotopic (exact) mass is 232 g/mol. The lowest BCUT2D eigenvalue weighted by molar-refractivity contribution is -0.0242. The van der Waals surface area contributed by atoms with Gasteiger partial charge in [0.1, 0.15) is 5.60 Å². The normalized spacial score (nSPS) is 15.2. The fourth-order valence-corrected chi connectivity index (χ4v) is 1.30. The van der Waals surface area contributed by atoms with Gasteiger partial charge in [-0.25, -0.2) is 0 Å². The minimum atomic E-state index is -0.480. The molecular formula is C10H17ClN2O2. The first kappa shape index (κ1) is 12.5. The number of aryl methyl sites for hydroxylation is 1. The number of rotatable bonds is 6. The number of halogens is 1. The van der Waals surface area contributed by atoms with E-state index in [0.717, 1.165) is 19.3 Å². The molecule has 1 unspecified atom stereocenters. The van der Waals surface area contributed by atoms with Crippen LogP contribution in [0.15, 0.2) is 4.42 Å². The zero-order chi connectivity index (χ0) is 11.3. The van der Waals surface area contributed by atoms with Crippen molar-refractivity contribution in [2.24, 2.45) is 0 Å². The van der Waals surface area contributed by atoms with Gasteiger partial charge in [-0.3, -0.25) is 0 Å². The number of nitrogens with zero attached hydrogens (tertiary/aromatic N) is 2. The summed E-state index contributed by atoms with van der Waals surface area (Å²) < 4.78 is 10.9. The first-order chi connectivity index (χ1) is 7.16. The van der Waals surface area contributed by atoms with Crippen molar-refractivity contribution in [3.63, 3.8) is 0 Å². The van der Waals surface area contributed by atoms with Gasteiger partial charge in [-0.2, -0.15) is 0 Å². The van der Waals surface area contributed by atoms with Crippen molar-refractivity contribution in [2.75, 3.05) is 13.0 Å². The number of hydrogen-bond donors (Lipinski definition) is 0. The minimum Gasteiger partial charge on any atom is -0.422 e. The highest BCUT2D eigenvalue weighted by Gasteiger charge is 2.30. The second-order valence-corrected chi connectivity index (χ2v) is 3.96. The first-order valence-electron chi connectivity index (χ1n) is 5.10. The largest absolute Gasteiger partial charge is 0.422 e.